The van der Waals surface area contributed by atoms with Gasteiger partial charge >= 0.3 is 0 Å². The first-order chi connectivity index (χ1) is 7.79. The summed E-state index contributed by atoms with van der Waals surface area (Å²) >= 11 is 5.54. The van der Waals surface area contributed by atoms with Crippen molar-refractivity contribution >= 4 is 23.1 Å². The van der Waals surface area contributed by atoms with Crippen LogP contribution in [0.4, 0.5) is 5.69 Å². The van der Waals surface area contributed by atoms with Crippen molar-refractivity contribution in [3.63, 3.8) is 0 Å². The second-order valence-electron chi connectivity index (χ2n) is 3.10. The van der Waals surface area contributed by atoms with Crippen LogP contribution in [0.1, 0.15) is 0 Å². The van der Waals surface area contributed by atoms with Gasteiger partial charge in [0.1, 0.15) is 5.84 Å². The van der Waals surface area contributed by atoms with Gasteiger partial charge < -0.3 is 5.73 Å². The Hall–Kier alpha value is -1.88. The van der Waals surface area contributed by atoms with E-state index in [1.807, 2.05) is 24.3 Å². The molecule has 2 N–H and O–H groups in total. The van der Waals surface area contributed by atoms with Crippen molar-refractivity contribution in [1.82, 2.24) is 15.0 Å². The van der Waals surface area contributed by atoms with Gasteiger partial charge in [0.25, 0.3) is 0 Å². The van der Waals surface area contributed by atoms with Crippen molar-refractivity contribution in [3.05, 3.63) is 36.7 Å². The van der Waals surface area contributed by atoms with Gasteiger partial charge in [0.05, 0.1) is 29.6 Å². The van der Waals surface area contributed by atoms with Gasteiger partial charge in [-0.05, 0) is 24.3 Å². The van der Waals surface area contributed by atoms with Crippen LogP contribution in [-0.2, 0) is 0 Å². The maximum atomic E-state index is 5.54. The van der Waals surface area contributed by atoms with Crippen molar-refractivity contribution in [1.29, 1.82) is 0 Å². The van der Waals surface area contributed by atoms with Crippen molar-refractivity contribution in [2.75, 3.05) is 5.88 Å². The van der Waals surface area contributed by atoms with Crippen LogP contribution in [0.2, 0.25) is 0 Å². The molecular weight excluding hydrogens is 226 g/mol. The molecule has 0 aliphatic heterocycles. The Bertz CT molecular complexity index is 474. The summed E-state index contributed by atoms with van der Waals surface area (Å²) in [6, 6.07) is 7.46. The molecule has 0 saturated carbocycles. The molecule has 16 heavy (non-hydrogen) atoms. The molecule has 2 rings (SSSR count). The van der Waals surface area contributed by atoms with Crippen LogP contribution in [0.25, 0.3) is 5.69 Å². The van der Waals surface area contributed by atoms with E-state index in [0.29, 0.717) is 5.84 Å². The Morgan fingerprint density at radius 1 is 1.38 bits per heavy atom. The lowest BCUT2D eigenvalue weighted by Gasteiger charge is -2.00. The molecule has 82 valence electrons. The molecule has 0 radical (unpaired) electrons. The largest absolute Gasteiger partial charge is 0.386 e. The van der Waals surface area contributed by atoms with E-state index < -0.39 is 0 Å². The first-order valence-corrected chi connectivity index (χ1v) is 5.19. The first kappa shape index (κ1) is 10.6. The molecule has 0 fully saturated rings. The van der Waals surface area contributed by atoms with Gasteiger partial charge in [0.15, 0.2) is 0 Å². The number of hydrogen-bond acceptors (Lipinski definition) is 3. The lowest BCUT2D eigenvalue weighted by atomic mass is 10.3. The van der Waals surface area contributed by atoms with Crippen LogP contribution in [0, 0.1) is 0 Å². The number of rotatable bonds is 3. The van der Waals surface area contributed by atoms with E-state index in [9.17, 15) is 0 Å². The number of amidine groups is 1. The van der Waals surface area contributed by atoms with Crippen molar-refractivity contribution in [2.24, 2.45) is 10.7 Å². The quantitative estimate of drug-likeness (QED) is 0.498. The van der Waals surface area contributed by atoms with E-state index in [1.54, 1.807) is 17.1 Å². The zero-order valence-electron chi connectivity index (χ0n) is 8.42. The summed E-state index contributed by atoms with van der Waals surface area (Å²) in [7, 11) is 0. The minimum absolute atomic E-state index is 0.227. The zero-order valence-corrected chi connectivity index (χ0v) is 9.17. The minimum atomic E-state index is 0.227. The second-order valence-corrected chi connectivity index (χ2v) is 3.37. The molecule has 0 aliphatic carbocycles. The third-order valence-corrected chi connectivity index (χ3v) is 2.22. The monoisotopic (exact) mass is 235 g/mol. The number of nitrogens with zero attached hydrogens (tertiary/aromatic N) is 4. The van der Waals surface area contributed by atoms with Gasteiger partial charge in [0, 0.05) is 0 Å². The Labute approximate surface area is 97.6 Å². The van der Waals surface area contributed by atoms with E-state index in [0.717, 1.165) is 11.4 Å². The average Bonchev–Trinajstić information content (AvgIpc) is 2.83. The van der Waals surface area contributed by atoms with Gasteiger partial charge in [-0.1, -0.05) is 5.21 Å². The highest BCUT2D eigenvalue weighted by Crippen LogP contribution is 2.15. The Morgan fingerprint density at radius 2 is 2.12 bits per heavy atom. The van der Waals surface area contributed by atoms with Gasteiger partial charge in [-0.25, -0.2) is 9.67 Å². The molecule has 1 aromatic heterocycles. The molecule has 0 spiro atoms. The first-order valence-electron chi connectivity index (χ1n) is 4.65. The van der Waals surface area contributed by atoms with Crippen LogP contribution in [0.5, 0.6) is 0 Å². The lowest BCUT2D eigenvalue weighted by Crippen LogP contribution is -2.12. The smallest absolute Gasteiger partial charge is 0.115 e. The predicted octanol–water partition coefficient (Wildman–Crippen LogP) is 1.49. The van der Waals surface area contributed by atoms with E-state index in [1.165, 1.54) is 0 Å². The number of nitrogens with two attached hydrogens (primary N) is 1. The minimum Gasteiger partial charge on any atom is -0.386 e. The Kier molecular flexibility index (Phi) is 3.16. The van der Waals surface area contributed by atoms with Crippen molar-refractivity contribution < 1.29 is 0 Å². The van der Waals surface area contributed by atoms with Gasteiger partial charge in [-0.3, -0.25) is 0 Å². The molecule has 0 atom stereocenters. The van der Waals surface area contributed by atoms with Crippen LogP contribution in [0.15, 0.2) is 41.7 Å². The van der Waals surface area contributed by atoms with Crippen LogP contribution in [0.3, 0.4) is 0 Å². The number of aliphatic imine (C=N–C) groups is 1. The molecular formula is C10H10ClN5. The van der Waals surface area contributed by atoms with Crippen molar-refractivity contribution in [2.45, 2.75) is 0 Å². The molecule has 1 aromatic carbocycles. The Balaban J connectivity index is 2.23. The third kappa shape index (κ3) is 2.38. The van der Waals surface area contributed by atoms with Crippen LogP contribution >= 0.6 is 11.6 Å². The number of alkyl halides is 1. The summed E-state index contributed by atoms with van der Waals surface area (Å²) in [6.07, 6.45) is 3.39. The SMILES string of the molecule is NC(CCl)=Nc1ccc(-n2ccnn2)cc1. The fourth-order valence-corrected chi connectivity index (χ4v) is 1.28. The van der Waals surface area contributed by atoms with E-state index >= 15 is 0 Å². The summed E-state index contributed by atoms with van der Waals surface area (Å²) in [5, 5.41) is 7.61. The maximum absolute atomic E-state index is 5.54. The zero-order chi connectivity index (χ0) is 11.4. The lowest BCUT2D eigenvalue weighted by molar-refractivity contribution is 0.803. The van der Waals surface area contributed by atoms with Gasteiger partial charge in [0.2, 0.25) is 0 Å². The third-order valence-electron chi connectivity index (χ3n) is 1.95. The van der Waals surface area contributed by atoms with Crippen LogP contribution < -0.4 is 5.73 Å². The van der Waals surface area contributed by atoms with E-state index in [4.69, 9.17) is 17.3 Å². The molecule has 0 unspecified atom stereocenters. The molecule has 5 nitrogen and oxygen atoms in total. The molecule has 0 saturated heterocycles. The molecule has 0 amide bonds. The molecule has 2 aromatic rings. The molecule has 0 aliphatic rings. The summed E-state index contributed by atoms with van der Waals surface area (Å²) in [5.74, 6) is 0.625. The number of hydrogen-bond donors (Lipinski definition) is 1. The second kappa shape index (κ2) is 4.76. The van der Waals surface area contributed by atoms with Gasteiger partial charge in [-0.2, -0.15) is 0 Å². The number of benzene rings is 1. The number of halogens is 1. The summed E-state index contributed by atoms with van der Waals surface area (Å²) in [6.45, 7) is 0. The molecule has 1 heterocycles. The van der Waals surface area contributed by atoms with Crippen molar-refractivity contribution in [3.8, 4) is 5.69 Å². The number of aromatic nitrogens is 3. The van der Waals surface area contributed by atoms with E-state index in [-0.39, 0.29) is 5.88 Å². The van der Waals surface area contributed by atoms with Gasteiger partial charge in [-0.15, -0.1) is 16.7 Å². The highest BCUT2D eigenvalue weighted by molar-refractivity contribution is 6.28. The topological polar surface area (TPSA) is 69.1 Å². The maximum Gasteiger partial charge on any atom is 0.115 e. The normalized spacial score (nSPS) is 11.7. The summed E-state index contributed by atoms with van der Waals surface area (Å²) in [4.78, 5) is 4.12. The summed E-state index contributed by atoms with van der Waals surface area (Å²) in [5.41, 5.74) is 7.21. The fraction of sp³-hybridized carbons (Fsp3) is 0.100. The van der Waals surface area contributed by atoms with E-state index in [2.05, 4.69) is 15.3 Å². The standard InChI is InChI=1S/C10H10ClN5/c11-7-10(12)14-8-1-3-9(4-2-8)16-6-5-13-15-16/h1-6H,7H2,(H2,12,14). The average molecular weight is 236 g/mol. The predicted molar refractivity (Wildman–Crippen MR) is 63.4 cm³/mol. The molecule has 0 bridgehead atoms. The summed E-state index contributed by atoms with van der Waals surface area (Å²) < 4.78 is 1.67. The highest BCUT2D eigenvalue weighted by atomic mass is 35.5. The molecule has 6 heteroatoms. The Morgan fingerprint density at radius 3 is 2.69 bits per heavy atom. The highest BCUT2D eigenvalue weighted by Gasteiger charge is 1.97. The fourth-order valence-electron chi connectivity index (χ4n) is 1.22. The van der Waals surface area contributed by atoms with Crippen LogP contribution in [-0.4, -0.2) is 26.7 Å².